The molecule has 2 aromatic rings. The van der Waals surface area contributed by atoms with Gasteiger partial charge in [0, 0.05) is 9.17 Å². The molecule has 0 aliphatic heterocycles. The number of carbonyl (C=O) groups is 1. The molecule has 0 saturated heterocycles. The van der Waals surface area contributed by atoms with Crippen LogP contribution in [0.25, 0.3) is 10.1 Å². The van der Waals surface area contributed by atoms with E-state index in [1.807, 2.05) is 0 Å². The summed E-state index contributed by atoms with van der Waals surface area (Å²) < 4.78 is 2.22. The number of halogens is 2. The number of aromatic carboxylic acids is 1. The highest BCUT2D eigenvalue weighted by Gasteiger charge is 2.10. The monoisotopic (exact) mass is 290 g/mol. The number of hydrogen-bond donors (Lipinski definition) is 1. The predicted molar refractivity (Wildman–Crippen MR) is 61.5 cm³/mol. The van der Waals surface area contributed by atoms with E-state index in [0.29, 0.717) is 8.81 Å². The molecule has 0 unspecified atom stereocenters. The molecule has 1 N–H and O–H groups in total. The van der Waals surface area contributed by atoms with Crippen molar-refractivity contribution in [2.24, 2.45) is 0 Å². The molecule has 0 radical (unpaired) electrons. The van der Waals surface area contributed by atoms with Gasteiger partial charge in [-0.25, -0.2) is 4.79 Å². The third-order valence-electron chi connectivity index (χ3n) is 1.81. The van der Waals surface area contributed by atoms with Crippen LogP contribution < -0.4 is 0 Å². The molecule has 0 atom stereocenters. The van der Waals surface area contributed by atoms with Gasteiger partial charge in [0.15, 0.2) is 0 Å². The summed E-state index contributed by atoms with van der Waals surface area (Å²) >= 11 is 10.5. The van der Waals surface area contributed by atoms with Crippen LogP contribution in [0.1, 0.15) is 10.4 Å². The van der Waals surface area contributed by atoms with Gasteiger partial charge in [0.2, 0.25) is 0 Å². The SMILES string of the molecule is O=C(O)c1cc2cc(Cl)sc2cc1Br. The van der Waals surface area contributed by atoms with E-state index in [-0.39, 0.29) is 5.56 Å². The lowest BCUT2D eigenvalue weighted by molar-refractivity contribution is 0.0696. The average molecular weight is 292 g/mol. The number of rotatable bonds is 1. The molecule has 2 nitrogen and oxygen atoms in total. The molecule has 0 bridgehead atoms. The molecular formula is C9H4BrClO2S. The highest BCUT2D eigenvalue weighted by molar-refractivity contribution is 9.10. The van der Waals surface area contributed by atoms with Crippen molar-refractivity contribution in [3.63, 3.8) is 0 Å². The Morgan fingerprint density at radius 2 is 2.14 bits per heavy atom. The fraction of sp³-hybridized carbons (Fsp3) is 0. The molecule has 0 saturated carbocycles. The van der Waals surface area contributed by atoms with E-state index in [9.17, 15) is 4.79 Å². The van der Waals surface area contributed by atoms with E-state index in [4.69, 9.17) is 16.7 Å². The van der Waals surface area contributed by atoms with E-state index in [1.54, 1.807) is 18.2 Å². The minimum atomic E-state index is -0.943. The summed E-state index contributed by atoms with van der Waals surface area (Å²) in [6.45, 7) is 0. The maximum Gasteiger partial charge on any atom is 0.336 e. The molecule has 0 fully saturated rings. The van der Waals surface area contributed by atoms with Gasteiger partial charge in [-0.2, -0.15) is 0 Å². The van der Waals surface area contributed by atoms with Crippen LogP contribution in [0.15, 0.2) is 22.7 Å². The molecule has 0 aliphatic rings. The maximum absolute atomic E-state index is 10.8. The molecule has 5 heteroatoms. The molecule has 1 aromatic carbocycles. The minimum absolute atomic E-state index is 0.256. The molecule has 0 amide bonds. The number of hydrogen-bond acceptors (Lipinski definition) is 2. The molecular weight excluding hydrogens is 288 g/mol. The number of carboxylic acid groups (broad SMARTS) is 1. The molecule has 1 heterocycles. The van der Waals surface area contributed by atoms with Crippen LogP contribution in [0.5, 0.6) is 0 Å². The minimum Gasteiger partial charge on any atom is -0.478 e. The van der Waals surface area contributed by atoms with E-state index >= 15 is 0 Å². The van der Waals surface area contributed by atoms with Crippen molar-refractivity contribution in [3.8, 4) is 0 Å². The first-order valence-corrected chi connectivity index (χ1v) is 5.68. The Morgan fingerprint density at radius 3 is 2.79 bits per heavy atom. The lowest BCUT2D eigenvalue weighted by atomic mass is 10.2. The van der Waals surface area contributed by atoms with Crippen molar-refractivity contribution in [1.82, 2.24) is 0 Å². The summed E-state index contributed by atoms with van der Waals surface area (Å²) in [6.07, 6.45) is 0. The lowest BCUT2D eigenvalue weighted by Gasteiger charge is -1.98. The Kier molecular flexibility index (Phi) is 2.51. The average Bonchev–Trinajstić information content (AvgIpc) is 2.42. The van der Waals surface area contributed by atoms with E-state index < -0.39 is 5.97 Å². The highest BCUT2D eigenvalue weighted by Crippen LogP contribution is 2.33. The highest BCUT2D eigenvalue weighted by atomic mass is 79.9. The third-order valence-corrected chi connectivity index (χ3v) is 3.69. The fourth-order valence-electron chi connectivity index (χ4n) is 1.19. The van der Waals surface area contributed by atoms with E-state index in [2.05, 4.69) is 15.9 Å². The zero-order chi connectivity index (χ0) is 10.3. The first-order chi connectivity index (χ1) is 6.58. The molecule has 14 heavy (non-hydrogen) atoms. The second kappa shape index (κ2) is 3.53. The fourth-order valence-corrected chi connectivity index (χ4v) is 3.03. The van der Waals surface area contributed by atoms with Gasteiger partial charge in [-0.3, -0.25) is 0 Å². The molecule has 72 valence electrons. The Bertz CT molecular complexity index is 521. The summed E-state index contributed by atoms with van der Waals surface area (Å²) in [7, 11) is 0. The first kappa shape index (κ1) is 9.96. The molecule has 1 aromatic heterocycles. The van der Waals surface area contributed by atoms with Crippen molar-refractivity contribution >= 4 is 54.9 Å². The summed E-state index contributed by atoms with van der Waals surface area (Å²) in [5.74, 6) is -0.943. The third kappa shape index (κ3) is 1.65. The standard InChI is InChI=1S/C9H4BrClO2S/c10-6-3-7-4(2-8(11)14-7)1-5(6)9(12)13/h1-3H,(H,12,13). The summed E-state index contributed by atoms with van der Waals surface area (Å²) in [5, 5.41) is 9.73. The largest absolute Gasteiger partial charge is 0.478 e. The number of benzene rings is 1. The van der Waals surface area contributed by atoms with Gasteiger partial charge in [0.25, 0.3) is 0 Å². The number of fused-ring (bicyclic) bond motifs is 1. The van der Waals surface area contributed by atoms with E-state index in [0.717, 1.165) is 10.1 Å². The summed E-state index contributed by atoms with van der Waals surface area (Å²) in [5.41, 5.74) is 0.256. The zero-order valence-corrected chi connectivity index (χ0v) is 9.91. The number of thiophene rings is 1. The quantitative estimate of drug-likeness (QED) is 0.862. The Labute approximate surface area is 97.2 Å². The van der Waals surface area contributed by atoms with Crippen molar-refractivity contribution in [3.05, 3.63) is 32.6 Å². The normalized spacial score (nSPS) is 10.7. The first-order valence-electron chi connectivity index (χ1n) is 3.70. The Balaban J connectivity index is 2.76. The molecule has 2 rings (SSSR count). The van der Waals surface area contributed by atoms with Gasteiger partial charge < -0.3 is 5.11 Å². The smallest absolute Gasteiger partial charge is 0.336 e. The predicted octanol–water partition coefficient (Wildman–Crippen LogP) is 4.02. The van der Waals surface area contributed by atoms with Gasteiger partial charge in [-0.1, -0.05) is 11.6 Å². The summed E-state index contributed by atoms with van der Waals surface area (Å²) in [6, 6.07) is 5.15. The van der Waals surface area contributed by atoms with Crippen LogP contribution in [0.2, 0.25) is 4.34 Å². The van der Waals surface area contributed by atoms with Crippen LogP contribution in [0.4, 0.5) is 0 Å². The van der Waals surface area contributed by atoms with Crippen LogP contribution in [0.3, 0.4) is 0 Å². The van der Waals surface area contributed by atoms with Crippen LogP contribution in [-0.4, -0.2) is 11.1 Å². The van der Waals surface area contributed by atoms with E-state index in [1.165, 1.54) is 11.3 Å². The van der Waals surface area contributed by atoms with Gasteiger partial charge in [0.1, 0.15) is 0 Å². The van der Waals surface area contributed by atoms with Crippen molar-refractivity contribution in [2.45, 2.75) is 0 Å². The Hall–Kier alpha value is -0.580. The summed E-state index contributed by atoms with van der Waals surface area (Å²) in [4.78, 5) is 10.8. The van der Waals surface area contributed by atoms with Gasteiger partial charge in [-0.05, 0) is 39.5 Å². The maximum atomic E-state index is 10.8. The van der Waals surface area contributed by atoms with Crippen molar-refractivity contribution < 1.29 is 9.90 Å². The zero-order valence-electron chi connectivity index (χ0n) is 6.75. The second-order valence-electron chi connectivity index (χ2n) is 2.73. The van der Waals surface area contributed by atoms with Crippen molar-refractivity contribution in [2.75, 3.05) is 0 Å². The van der Waals surface area contributed by atoms with Crippen LogP contribution in [-0.2, 0) is 0 Å². The topological polar surface area (TPSA) is 37.3 Å². The Morgan fingerprint density at radius 1 is 1.43 bits per heavy atom. The van der Waals surface area contributed by atoms with Gasteiger partial charge in [-0.15, -0.1) is 11.3 Å². The lowest BCUT2D eigenvalue weighted by Crippen LogP contribution is -1.96. The van der Waals surface area contributed by atoms with Gasteiger partial charge in [0.05, 0.1) is 9.90 Å². The van der Waals surface area contributed by atoms with Gasteiger partial charge >= 0.3 is 5.97 Å². The van der Waals surface area contributed by atoms with Crippen LogP contribution in [0, 0.1) is 0 Å². The van der Waals surface area contributed by atoms with Crippen molar-refractivity contribution in [1.29, 1.82) is 0 Å². The van der Waals surface area contributed by atoms with Crippen LogP contribution >= 0.6 is 38.9 Å². The number of carboxylic acids is 1. The molecule has 0 aliphatic carbocycles. The second-order valence-corrected chi connectivity index (χ2v) is 5.29. The molecule has 0 spiro atoms.